The third-order valence-electron chi connectivity index (χ3n) is 8.44. The van der Waals surface area contributed by atoms with E-state index in [1.165, 1.54) is 13.1 Å². The second-order valence-electron chi connectivity index (χ2n) is 10.6. The summed E-state index contributed by atoms with van der Waals surface area (Å²) in [4.78, 5) is 13.2. The summed E-state index contributed by atoms with van der Waals surface area (Å²) < 4.78 is 44.5. The van der Waals surface area contributed by atoms with Crippen molar-refractivity contribution >= 4 is 17.5 Å². The Morgan fingerprint density at radius 1 is 1.20 bits per heavy atom. The second kappa shape index (κ2) is 10.7. The van der Waals surface area contributed by atoms with E-state index in [1.54, 1.807) is 6.07 Å². The third kappa shape index (κ3) is 4.29. The van der Waals surface area contributed by atoms with E-state index in [-0.39, 0.29) is 41.0 Å². The molecule has 1 aliphatic carbocycles. The number of fused-ring (bicyclic) bond motifs is 2. The zero-order chi connectivity index (χ0) is 28.0. The van der Waals surface area contributed by atoms with E-state index < -0.39 is 29.2 Å². The van der Waals surface area contributed by atoms with Gasteiger partial charge in [0, 0.05) is 36.2 Å². The first-order chi connectivity index (χ1) is 19.4. The van der Waals surface area contributed by atoms with E-state index in [0.717, 1.165) is 24.9 Å². The number of halogens is 3. The Kier molecular flexibility index (Phi) is 7.29. The lowest BCUT2D eigenvalue weighted by molar-refractivity contribution is 0.0290. The zero-order valence-electron chi connectivity index (χ0n) is 22.2. The van der Waals surface area contributed by atoms with Crippen molar-refractivity contribution in [3.05, 3.63) is 86.9 Å². The van der Waals surface area contributed by atoms with Crippen molar-refractivity contribution in [2.45, 2.75) is 49.9 Å². The van der Waals surface area contributed by atoms with E-state index in [2.05, 4.69) is 10.6 Å². The number of aliphatic hydroxyl groups excluding tert-OH is 1. The van der Waals surface area contributed by atoms with Crippen molar-refractivity contribution in [3.8, 4) is 16.9 Å². The number of rotatable bonds is 7. The zero-order valence-corrected chi connectivity index (χ0v) is 22.9. The van der Waals surface area contributed by atoms with Crippen LogP contribution in [0.1, 0.15) is 58.0 Å². The van der Waals surface area contributed by atoms with Crippen LogP contribution >= 0.6 is 11.6 Å². The first-order valence-electron chi connectivity index (χ1n) is 13.7. The molecule has 3 N–H and O–H groups in total. The smallest absolute Gasteiger partial charge is 0.251 e. The molecule has 2 heterocycles. The van der Waals surface area contributed by atoms with Gasteiger partial charge in [0.15, 0.2) is 5.60 Å². The van der Waals surface area contributed by atoms with Gasteiger partial charge in [0.2, 0.25) is 0 Å². The fourth-order valence-corrected chi connectivity index (χ4v) is 6.89. The molecular weight excluding hydrogens is 538 g/mol. The molecule has 210 valence electrons. The Balaban J connectivity index is 1.56. The van der Waals surface area contributed by atoms with Crippen LogP contribution in [0, 0.1) is 11.6 Å². The SMILES string of the molecule is CNC(=O)c1cc2c(c(F)c1-c1c(Cl)c(F)cc3c1C[C@](c1ccccc1)([C@@H]1CCCN1)O3)CC[C@H]2OCCO. The number of nitrogens with one attached hydrogen (secondary N) is 2. The highest BCUT2D eigenvalue weighted by atomic mass is 35.5. The molecule has 2 aliphatic heterocycles. The Labute approximate surface area is 236 Å². The number of hydrogen-bond acceptors (Lipinski definition) is 5. The molecule has 3 aromatic rings. The predicted octanol–water partition coefficient (Wildman–Crippen LogP) is 5.22. The van der Waals surface area contributed by atoms with Crippen LogP contribution in [-0.2, 0) is 23.2 Å². The summed E-state index contributed by atoms with van der Waals surface area (Å²) in [6, 6.07) is 12.6. The third-order valence-corrected chi connectivity index (χ3v) is 8.81. The van der Waals surface area contributed by atoms with E-state index in [9.17, 15) is 9.90 Å². The Bertz CT molecular complexity index is 1460. The summed E-state index contributed by atoms with van der Waals surface area (Å²) in [5.74, 6) is -1.59. The number of aliphatic hydroxyl groups is 1. The standard InChI is InChI=1S/C31H31ClF2N2O4/c1-35-30(38)20-14-19-18(9-10-23(19)39-13-12-37)29(34)27(20)26-21-16-31(25-8-5-11-36-25,17-6-3-2-4-7-17)40-24(21)15-22(33)28(26)32/h2-4,6-7,14-15,23,25,36-37H,5,8-13,16H2,1H3,(H,35,38)/t23-,25+,31+/m1/s1. The molecule has 0 unspecified atom stereocenters. The molecule has 1 amide bonds. The predicted molar refractivity (Wildman–Crippen MR) is 148 cm³/mol. The summed E-state index contributed by atoms with van der Waals surface area (Å²) in [7, 11) is 1.46. The maximum atomic E-state index is 16.6. The normalized spacial score (nSPS) is 23.1. The average molecular weight is 569 g/mol. The molecule has 6 nitrogen and oxygen atoms in total. The number of benzene rings is 3. The highest BCUT2D eigenvalue weighted by molar-refractivity contribution is 6.34. The van der Waals surface area contributed by atoms with Crippen LogP contribution in [0.5, 0.6) is 5.75 Å². The summed E-state index contributed by atoms with van der Waals surface area (Å²) in [6.07, 6.45) is 2.59. The van der Waals surface area contributed by atoms with Gasteiger partial charge in [-0.05, 0) is 55.0 Å². The number of carbonyl (C=O) groups is 1. The molecule has 9 heteroatoms. The van der Waals surface area contributed by atoms with Gasteiger partial charge in [-0.25, -0.2) is 8.78 Å². The lowest BCUT2D eigenvalue weighted by Crippen LogP contribution is -2.48. The molecule has 0 aromatic heterocycles. The number of amides is 1. The van der Waals surface area contributed by atoms with Crippen LogP contribution in [0.15, 0.2) is 42.5 Å². The van der Waals surface area contributed by atoms with Gasteiger partial charge in [-0.15, -0.1) is 0 Å². The number of hydrogen-bond donors (Lipinski definition) is 3. The van der Waals surface area contributed by atoms with Gasteiger partial charge in [0.05, 0.1) is 35.9 Å². The van der Waals surface area contributed by atoms with Crippen molar-refractivity contribution in [2.24, 2.45) is 0 Å². The highest BCUT2D eigenvalue weighted by Gasteiger charge is 2.50. The maximum absolute atomic E-state index is 16.6. The summed E-state index contributed by atoms with van der Waals surface area (Å²) in [6.45, 7) is 0.763. The first kappa shape index (κ1) is 27.1. The molecule has 40 heavy (non-hydrogen) atoms. The van der Waals surface area contributed by atoms with Crippen LogP contribution in [-0.4, -0.2) is 43.9 Å². The second-order valence-corrected chi connectivity index (χ2v) is 11.0. The number of ether oxygens (including phenoxy) is 2. The van der Waals surface area contributed by atoms with Crippen molar-refractivity contribution in [1.82, 2.24) is 10.6 Å². The fourth-order valence-electron chi connectivity index (χ4n) is 6.63. The Morgan fingerprint density at radius 2 is 2.00 bits per heavy atom. The van der Waals surface area contributed by atoms with Crippen molar-refractivity contribution in [1.29, 1.82) is 0 Å². The Hall–Kier alpha value is -3.04. The summed E-state index contributed by atoms with van der Waals surface area (Å²) in [5.41, 5.74) is 1.77. The van der Waals surface area contributed by atoms with E-state index >= 15 is 8.78 Å². The monoisotopic (exact) mass is 568 g/mol. The van der Waals surface area contributed by atoms with Crippen molar-refractivity contribution in [2.75, 3.05) is 26.8 Å². The molecule has 3 aliphatic rings. The fraction of sp³-hybridized carbons (Fsp3) is 0.387. The van der Waals surface area contributed by atoms with Crippen molar-refractivity contribution < 1.29 is 28.2 Å². The molecule has 0 radical (unpaired) electrons. The minimum absolute atomic E-state index is 0.0338. The van der Waals surface area contributed by atoms with Crippen LogP contribution in [0.4, 0.5) is 8.78 Å². The van der Waals surface area contributed by atoms with Gasteiger partial charge in [-0.3, -0.25) is 4.79 Å². The topological polar surface area (TPSA) is 79.8 Å². The molecule has 3 aromatic carbocycles. The van der Waals surface area contributed by atoms with Gasteiger partial charge in [0.25, 0.3) is 5.91 Å². The molecule has 6 rings (SSSR count). The van der Waals surface area contributed by atoms with E-state index in [1.807, 2.05) is 30.3 Å². The maximum Gasteiger partial charge on any atom is 0.251 e. The van der Waals surface area contributed by atoms with E-state index in [4.69, 9.17) is 21.1 Å². The first-order valence-corrected chi connectivity index (χ1v) is 14.1. The quantitative estimate of drug-likeness (QED) is 0.364. The summed E-state index contributed by atoms with van der Waals surface area (Å²) >= 11 is 6.65. The minimum atomic E-state index is -0.852. The molecular formula is C31H31ClF2N2O4. The Morgan fingerprint density at radius 3 is 2.70 bits per heavy atom. The van der Waals surface area contributed by atoms with Crippen LogP contribution < -0.4 is 15.4 Å². The van der Waals surface area contributed by atoms with Crippen LogP contribution in [0.3, 0.4) is 0 Å². The molecule has 0 bridgehead atoms. The van der Waals surface area contributed by atoms with Crippen LogP contribution in [0.25, 0.3) is 11.1 Å². The largest absolute Gasteiger partial charge is 0.480 e. The summed E-state index contributed by atoms with van der Waals surface area (Å²) in [5, 5.41) is 15.1. The lowest BCUT2D eigenvalue weighted by Gasteiger charge is -2.35. The van der Waals surface area contributed by atoms with Crippen LogP contribution in [0.2, 0.25) is 5.02 Å². The molecule has 0 saturated carbocycles. The van der Waals surface area contributed by atoms with Crippen molar-refractivity contribution in [3.63, 3.8) is 0 Å². The lowest BCUT2D eigenvalue weighted by atomic mass is 9.80. The molecule has 3 atom stereocenters. The average Bonchev–Trinajstić information content (AvgIpc) is 3.73. The molecule has 0 spiro atoms. The van der Waals surface area contributed by atoms with Gasteiger partial charge in [-0.1, -0.05) is 41.9 Å². The van der Waals surface area contributed by atoms with Gasteiger partial charge in [0.1, 0.15) is 17.4 Å². The van der Waals surface area contributed by atoms with E-state index in [0.29, 0.717) is 41.7 Å². The highest BCUT2D eigenvalue weighted by Crippen LogP contribution is 2.53. The molecule has 1 fully saturated rings. The van der Waals surface area contributed by atoms with Gasteiger partial charge in [-0.2, -0.15) is 0 Å². The molecule has 1 saturated heterocycles. The number of carbonyl (C=O) groups excluding carboxylic acids is 1. The minimum Gasteiger partial charge on any atom is -0.480 e. The van der Waals surface area contributed by atoms with Gasteiger partial charge >= 0.3 is 0 Å². The van der Waals surface area contributed by atoms with Gasteiger partial charge < -0.3 is 25.2 Å².